The van der Waals surface area contributed by atoms with E-state index in [9.17, 15) is 24.8 Å². The van der Waals surface area contributed by atoms with Crippen LogP contribution in [0.3, 0.4) is 0 Å². The summed E-state index contributed by atoms with van der Waals surface area (Å²) in [4.78, 5) is 33.9. The number of halogens is 1. The third-order valence-electron chi connectivity index (χ3n) is 3.58. The molecule has 8 heteroatoms. The van der Waals surface area contributed by atoms with Crippen LogP contribution in [0.1, 0.15) is 22.8 Å². The highest BCUT2D eigenvalue weighted by Crippen LogP contribution is 2.22. The Balaban J connectivity index is 2.12. The molecule has 1 amide bonds. The second-order valence-electron chi connectivity index (χ2n) is 5.52. The van der Waals surface area contributed by atoms with E-state index < -0.39 is 22.7 Å². The monoisotopic (exact) mass is 362 g/mol. The molecule has 0 aliphatic rings. The van der Waals surface area contributed by atoms with Crippen LogP contribution in [-0.2, 0) is 11.2 Å². The van der Waals surface area contributed by atoms with Crippen LogP contribution in [0.2, 0.25) is 5.02 Å². The lowest BCUT2D eigenvalue weighted by Gasteiger charge is -2.14. The Kier molecular flexibility index (Phi) is 5.71. The van der Waals surface area contributed by atoms with Gasteiger partial charge in [0.25, 0.3) is 5.69 Å². The van der Waals surface area contributed by atoms with Gasteiger partial charge in [0.2, 0.25) is 5.91 Å². The lowest BCUT2D eigenvalue weighted by Crippen LogP contribution is -2.23. The van der Waals surface area contributed by atoms with Gasteiger partial charge in [-0.1, -0.05) is 30.7 Å². The smallest absolute Gasteiger partial charge is 0.337 e. The molecule has 0 saturated carbocycles. The molecule has 0 fully saturated rings. The molecule has 1 unspecified atom stereocenters. The topological polar surface area (TPSA) is 110 Å². The largest absolute Gasteiger partial charge is 0.478 e. The number of hydrogen-bond acceptors (Lipinski definition) is 4. The second-order valence-corrected chi connectivity index (χ2v) is 5.95. The Labute approximate surface area is 148 Å². The van der Waals surface area contributed by atoms with Gasteiger partial charge in [0.15, 0.2) is 0 Å². The molecule has 0 radical (unpaired) electrons. The summed E-state index contributed by atoms with van der Waals surface area (Å²) in [5.41, 5.74) is 0.638. The van der Waals surface area contributed by atoms with Crippen molar-refractivity contribution in [2.24, 2.45) is 5.92 Å². The van der Waals surface area contributed by atoms with Crippen molar-refractivity contribution >= 4 is 34.9 Å². The number of anilines is 1. The number of hydrogen-bond donors (Lipinski definition) is 2. The number of nitro benzene ring substituents is 1. The molecule has 0 bridgehead atoms. The van der Waals surface area contributed by atoms with Crippen LogP contribution in [-0.4, -0.2) is 21.9 Å². The number of carboxylic acids is 1. The van der Waals surface area contributed by atoms with Crippen molar-refractivity contribution < 1.29 is 19.6 Å². The average Bonchev–Trinajstić information content (AvgIpc) is 2.56. The van der Waals surface area contributed by atoms with Gasteiger partial charge in [-0.2, -0.15) is 0 Å². The third-order valence-corrected chi connectivity index (χ3v) is 3.82. The molecule has 0 aliphatic carbocycles. The molecule has 2 aromatic rings. The average molecular weight is 363 g/mol. The molecule has 2 N–H and O–H groups in total. The number of non-ortho nitro benzene ring substituents is 1. The van der Waals surface area contributed by atoms with Crippen LogP contribution >= 0.6 is 11.6 Å². The summed E-state index contributed by atoms with van der Waals surface area (Å²) in [6.07, 6.45) is 0.281. The minimum absolute atomic E-state index is 0.0454. The van der Waals surface area contributed by atoms with E-state index in [1.54, 1.807) is 19.1 Å². The highest BCUT2D eigenvalue weighted by molar-refractivity contribution is 6.31. The number of nitro groups is 1. The van der Waals surface area contributed by atoms with E-state index in [1.165, 1.54) is 30.3 Å². The Morgan fingerprint density at radius 3 is 2.64 bits per heavy atom. The van der Waals surface area contributed by atoms with E-state index in [2.05, 4.69) is 5.32 Å². The number of nitrogens with one attached hydrogen (secondary N) is 1. The predicted octanol–water partition coefficient (Wildman–Crippen LogP) is 3.76. The predicted molar refractivity (Wildman–Crippen MR) is 93.0 cm³/mol. The lowest BCUT2D eigenvalue weighted by molar-refractivity contribution is -0.384. The van der Waals surface area contributed by atoms with Crippen molar-refractivity contribution in [2.45, 2.75) is 13.3 Å². The molecule has 0 spiro atoms. The molecule has 0 heterocycles. The summed E-state index contributed by atoms with van der Waals surface area (Å²) < 4.78 is 0. The number of benzene rings is 2. The number of carbonyl (C=O) groups excluding carboxylic acids is 1. The summed E-state index contributed by atoms with van der Waals surface area (Å²) in [5, 5.41) is 22.8. The van der Waals surface area contributed by atoms with Crippen molar-refractivity contribution in [1.29, 1.82) is 0 Å². The number of rotatable bonds is 6. The third kappa shape index (κ3) is 4.77. The van der Waals surface area contributed by atoms with Crippen molar-refractivity contribution in [3.8, 4) is 0 Å². The summed E-state index contributed by atoms with van der Waals surface area (Å²) in [6.45, 7) is 1.66. The summed E-state index contributed by atoms with van der Waals surface area (Å²) in [6, 6.07) is 10.2. The van der Waals surface area contributed by atoms with Crippen LogP contribution in [0.5, 0.6) is 0 Å². The van der Waals surface area contributed by atoms with Crippen LogP contribution in [0, 0.1) is 16.0 Å². The summed E-state index contributed by atoms with van der Waals surface area (Å²) in [5.74, 6) is -2.11. The van der Waals surface area contributed by atoms with E-state index in [0.717, 1.165) is 0 Å². The minimum Gasteiger partial charge on any atom is -0.478 e. The van der Waals surface area contributed by atoms with Crippen LogP contribution in [0.4, 0.5) is 11.4 Å². The Hall–Kier alpha value is -2.93. The SMILES string of the molecule is CC(Cc1cccc([N+](=O)[O-])c1)C(=O)Nc1ccc(Cl)cc1C(=O)O. The van der Waals surface area contributed by atoms with Crippen LogP contribution in [0.15, 0.2) is 42.5 Å². The van der Waals surface area contributed by atoms with E-state index in [0.29, 0.717) is 5.56 Å². The zero-order valence-corrected chi connectivity index (χ0v) is 14.0. The molecule has 0 aliphatic heterocycles. The van der Waals surface area contributed by atoms with Gasteiger partial charge in [0, 0.05) is 23.1 Å². The highest BCUT2D eigenvalue weighted by Gasteiger charge is 2.18. The molecule has 2 rings (SSSR count). The van der Waals surface area contributed by atoms with Crippen molar-refractivity contribution in [3.63, 3.8) is 0 Å². The first-order chi connectivity index (χ1) is 11.8. The maximum atomic E-state index is 12.3. The molecule has 1 atom stereocenters. The van der Waals surface area contributed by atoms with Gasteiger partial charge in [-0.05, 0) is 30.2 Å². The molecule has 0 aromatic heterocycles. The van der Waals surface area contributed by atoms with Gasteiger partial charge in [0.1, 0.15) is 0 Å². The molecular weight excluding hydrogens is 348 g/mol. The quantitative estimate of drug-likeness (QED) is 0.600. The molecule has 2 aromatic carbocycles. The molecule has 0 saturated heterocycles. The Morgan fingerprint density at radius 1 is 1.28 bits per heavy atom. The number of nitrogens with zero attached hydrogens (tertiary/aromatic N) is 1. The fraction of sp³-hybridized carbons (Fsp3) is 0.176. The molecule has 130 valence electrons. The molecule has 7 nitrogen and oxygen atoms in total. The fourth-order valence-corrected chi connectivity index (χ4v) is 2.47. The van der Waals surface area contributed by atoms with Gasteiger partial charge in [-0.25, -0.2) is 4.79 Å². The molecular formula is C17H15ClN2O5. The Morgan fingerprint density at radius 2 is 2.00 bits per heavy atom. The summed E-state index contributed by atoms with van der Waals surface area (Å²) in [7, 11) is 0. The maximum Gasteiger partial charge on any atom is 0.337 e. The first-order valence-electron chi connectivity index (χ1n) is 7.35. The summed E-state index contributed by atoms with van der Waals surface area (Å²) >= 11 is 5.78. The van der Waals surface area contributed by atoms with E-state index in [4.69, 9.17) is 11.6 Å². The van der Waals surface area contributed by atoms with E-state index in [-0.39, 0.29) is 28.4 Å². The standard InChI is InChI=1S/C17H15ClN2O5/c1-10(7-11-3-2-4-13(8-11)20(24)25)16(21)19-15-6-5-12(18)9-14(15)17(22)23/h2-6,8-10H,7H2,1H3,(H,19,21)(H,22,23). The van der Waals surface area contributed by atoms with Crippen LogP contribution in [0.25, 0.3) is 0 Å². The Bertz CT molecular complexity index is 838. The first kappa shape index (κ1) is 18.4. The van der Waals surface area contributed by atoms with Gasteiger partial charge >= 0.3 is 5.97 Å². The minimum atomic E-state index is -1.20. The number of amides is 1. The zero-order chi connectivity index (χ0) is 18.6. The van der Waals surface area contributed by atoms with Gasteiger partial charge in [-0.15, -0.1) is 0 Å². The van der Waals surface area contributed by atoms with Gasteiger partial charge in [-0.3, -0.25) is 14.9 Å². The zero-order valence-electron chi connectivity index (χ0n) is 13.2. The van der Waals surface area contributed by atoms with E-state index >= 15 is 0 Å². The first-order valence-corrected chi connectivity index (χ1v) is 7.72. The van der Waals surface area contributed by atoms with Crippen molar-refractivity contribution in [1.82, 2.24) is 0 Å². The highest BCUT2D eigenvalue weighted by atomic mass is 35.5. The lowest BCUT2D eigenvalue weighted by atomic mass is 9.99. The second kappa shape index (κ2) is 7.76. The normalized spacial score (nSPS) is 11.6. The van der Waals surface area contributed by atoms with E-state index in [1.807, 2.05) is 0 Å². The van der Waals surface area contributed by atoms with Crippen LogP contribution < -0.4 is 5.32 Å². The molecule has 25 heavy (non-hydrogen) atoms. The fourth-order valence-electron chi connectivity index (χ4n) is 2.30. The van der Waals surface area contributed by atoms with Gasteiger partial charge < -0.3 is 10.4 Å². The van der Waals surface area contributed by atoms with Crippen molar-refractivity contribution in [3.05, 3.63) is 68.7 Å². The number of carbonyl (C=O) groups is 2. The van der Waals surface area contributed by atoms with Gasteiger partial charge in [0.05, 0.1) is 16.2 Å². The number of carboxylic acid groups (broad SMARTS) is 1. The maximum absolute atomic E-state index is 12.3. The van der Waals surface area contributed by atoms with Crippen molar-refractivity contribution in [2.75, 3.05) is 5.32 Å². The number of aromatic carboxylic acids is 1.